The molecule has 1 aromatic heterocycles. The average Bonchev–Trinajstić information content (AvgIpc) is 3.44. The third-order valence-corrected chi connectivity index (χ3v) is 7.99. The Labute approximate surface area is 256 Å². The van der Waals surface area contributed by atoms with E-state index in [4.69, 9.17) is 5.73 Å². The Bertz CT molecular complexity index is 1430. The second-order valence-electron chi connectivity index (χ2n) is 11.6. The number of piperazine rings is 1. The van der Waals surface area contributed by atoms with E-state index in [1.54, 1.807) is 4.90 Å². The molecule has 2 aliphatic heterocycles. The molecule has 228 valence electrons. The fourth-order valence-electron chi connectivity index (χ4n) is 5.93. The summed E-state index contributed by atoms with van der Waals surface area (Å²) in [5.74, 6) is 0.764. The number of aldehydes is 1. The van der Waals surface area contributed by atoms with Crippen LogP contribution in [0.2, 0.25) is 0 Å². The van der Waals surface area contributed by atoms with Crippen LogP contribution in [0.25, 0.3) is 10.9 Å². The SMILES string of the molecule is CN(C)CC1Cc2ccccc2N(C)C1.NC(=O)N1CCN(c2ccccc2)CC1.O=CCCc1c[nH]c2ccccc12. The summed E-state index contributed by atoms with van der Waals surface area (Å²) in [7, 11) is 6.50. The second-order valence-corrected chi connectivity index (χ2v) is 11.6. The van der Waals surface area contributed by atoms with Crippen LogP contribution in [-0.4, -0.2) is 87.5 Å². The minimum atomic E-state index is -0.317. The van der Waals surface area contributed by atoms with Gasteiger partial charge in [-0.2, -0.15) is 0 Å². The number of nitrogens with one attached hydrogen (secondary N) is 1. The molecule has 0 radical (unpaired) electrons. The highest BCUT2D eigenvalue weighted by atomic mass is 16.2. The number of amides is 2. The summed E-state index contributed by atoms with van der Waals surface area (Å²) in [6, 6.07) is 26.8. The van der Waals surface area contributed by atoms with Crippen molar-refractivity contribution in [3.05, 3.63) is 96.2 Å². The number of primary amides is 1. The van der Waals surface area contributed by atoms with Crippen LogP contribution < -0.4 is 15.5 Å². The Hall–Kier alpha value is -4.30. The number of urea groups is 1. The molecule has 1 fully saturated rings. The minimum Gasteiger partial charge on any atom is -0.374 e. The number of aryl methyl sites for hydroxylation is 1. The topological polar surface area (TPSA) is 88.9 Å². The number of nitrogens with zero attached hydrogens (tertiary/aromatic N) is 4. The number of H-pyrrole nitrogens is 1. The third-order valence-electron chi connectivity index (χ3n) is 7.99. The first kappa shape index (κ1) is 31.6. The van der Waals surface area contributed by atoms with Crippen LogP contribution in [0.1, 0.15) is 17.5 Å². The summed E-state index contributed by atoms with van der Waals surface area (Å²) < 4.78 is 0. The van der Waals surface area contributed by atoms with Gasteiger partial charge in [-0.3, -0.25) is 0 Å². The van der Waals surface area contributed by atoms with Crippen molar-refractivity contribution in [3.63, 3.8) is 0 Å². The van der Waals surface area contributed by atoms with E-state index in [-0.39, 0.29) is 6.03 Å². The fraction of sp³-hybridized carbons (Fsp3) is 0.371. The second kappa shape index (κ2) is 15.8. The Morgan fingerprint density at radius 3 is 2.33 bits per heavy atom. The van der Waals surface area contributed by atoms with Gasteiger partial charge < -0.3 is 35.1 Å². The zero-order chi connectivity index (χ0) is 30.6. The van der Waals surface area contributed by atoms with Crippen molar-refractivity contribution in [2.75, 3.05) is 70.2 Å². The van der Waals surface area contributed by atoms with E-state index < -0.39 is 0 Å². The van der Waals surface area contributed by atoms with Gasteiger partial charge in [-0.05, 0) is 68.2 Å². The molecule has 1 saturated heterocycles. The molecule has 0 aliphatic carbocycles. The zero-order valence-electron chi connectivity index (χ0n) is 25.8. The number of para-hydroxylation sites is 3. The van der Waals surface area contributed by atoms with E-state index >= 15 is 0 Å². The molecule has 2 aliphatic rings. The fourth-order valence-corrected chi connectivity index (χ4v) is 5.93. The van der Waals surface area contributed by atoms with E-state index in [0.29, 0.717) is 19.5 Å². The van der Waals surface area contributed by atoms with Gasteiger partial charge in [-0.25, -0.2) is 4.79 Å². The van der Waals surface area contributed by atoms with Crippen LogP contribution in [0.15, 0.2) is 85.1 Å². The maximum atomic E-state index is 10.9. The van der Waals surface area contributed by atoms with Crippen LogP contribution >= 0.6 is 0 Å². The molecule has 2 amide bonds. The zero-order valence-corrected chi connectivity index (χ0v) is 25.8. The molecule has 43 heavy (non-hydrogen) atoms. The number of aromatic nitrogens is 1. The maximum absolute atomic E-state index is 10.9. The minimum absolute atomic E-state index is 0.317. The lowest BCUT2D eigenvalue weighted by atomic mass is 9.92. The van der Waals surface area contributed by atoms with Crippen molar-refractivity contribution in [3.8, 4) is 0 Å². The quantitative estimate of drug-likeness (QED) is 0.311. The number of carbonyl (C=O) groups excluding carboxylic acids is 2. The number of aromatic amines is 1. The molecular formula is C35H46N6O2. The van der Waals surface area contributed by atoms with E-state index in [1.807, 2.05) is 42.6 Å². The lowest BCUT2D eigenvalue weighted by Crippen LogP contribution is -2.50. The highest BCUT2D eigenvalue weighted by Gasteiger charge is 2.22. The number of hydrogen-bond donors (Lipinski definition) is 2. The van der Waals surface area contributed by atoms with Crippen molar-refractivity contribution in [2.24, 2.45) is 11.7 Å². The smallest absolute Gasteiger partial charge is 0.314 e. The van der Waals surface area contributed by atoms with Crippen LogP contribution in [0.3, 0.4) is 0 Å². The number of fused-ring (bicyclic) bond motifs is 2. The van der Waals surface area contributed by atoms with Gasteiger partial charge in [0.25, 0.3) is 0 Å². The molecule has 3 N–H and O–H groups in total. The monoisotopic (exact) mass is 582 g/mol. The number of anilines is 2. The number of benzene rings is 3. The highest BCUT2D eigenvalue weighted by Crippen LogP contribution is 2.28. The van der Waals surface area contributed by atoms with E-state index in [0.717, 1.165) is 37.2 Å². The molecule has 3 heterocycles. The first-order valence-corrected chi connectivity index (χ1v) is 15.1. The van der Waals surface area contributed by atoms with Gasteiger partial charge >= 0.3 is 6.03 Å². The first-order valence-electron chi connectivity index (χ1n) is 15.1. The molecule has 0 spiro atoms. The van der Waals surface area contributed by atoms with Crippen molar-refractivity contribution in [2.45, 2.75) is 19.3 Å². The molecule has 8 heteroatoms. The predicted octanol–water partition coefficient (Wildman–Crippen LogP) is 5.04. The van der Waals surface area contributed by atoms with Gasteiger partial charge in [0.2, 0.25) is 0 Å². The van der Waals surface area contributed by atoms with Gasteiger partial charge in [0.05, 0.1) is 0 Å². The summed E-state index contributed by atoms with van der Waals surface area (Å²) >= 11 is 0. The Kier molecular flexibility index (Phi) is 11.6. The van der Waals surface area contributed by atoms with Crippen LogP contribution in [-0.2, 0) is 17.6 Å². The molecule has 1 atom stereocenters. The van der Waals surface area contributed by atoms with Crippen molar-refractivity contribution < 1.29 is 9.59 Å². The summed E-state index contributed by atoms with van der Waals surface area (Å²) in [5.41, 5.74) is 11.7. The predicted molar refractivity (Wildman–Crippen MR) is 178 cm³/mol. The number of rotatable bonds is 6. The first-order chi connectivity index (χ1) is 20.9. The molecule has 6 rings (SSSR count). The van der Waals surface area contributed by atoms with Crippen LogP contribution in [0, 0.1) is 5.92 Å². The van der Waals surface area contributed by atoms with E-state index in [2.05, 4.69) is 83.3 Å². The average molecular weight is 583 g/mol. The van der Waals surface area contributed by atoms with Crippen molar-refractivity contribution in [1.29, 1.82) is 0 Å². The summed E-state index contributed by atoms with van der Waals surface area (Å²) in [6.45, 7) is 5.49. The summed E-state index contributed by atoms with van der Waals surface area (Å²) in [5, 5.41) is 1.23. The highest BCUT2D eigenvalue weighted by molar-refractivity contribution is 5.83. The number of carbonyl (C=O) groups is 2. The number of hydrogen-bond acceptors (Lipinski definition) is 5. The number of nitrogens with two attached hydrogens (primary N) is 1. The van der Waals surface area contributed by atoms with Gasteiger partial charge in [0.1, 0.15) is 6.29 Å². The molecule has 1 unspecified atom stereocenters. The van der Waals surface area contributed by atoms with Crippen molar-refractivity contribution in [1.82, 2.24) is 14.8 Å². The van der Waals surface area contributed by atoms with Gasteiger partial charge in [-0.15, -0.1) is 0 Å². The Morgan fingerprint density at radius 2 is 1.63 bits per heavy atom. The standard InChI is InChI=1S/C13H20N2.C11H15N3O.C11H11NO/c1-14(2)9-11-8-12-6-4-5-7-13(12)15(3)10-11;12-11(15)14-8-6-13(7-9-14)10-4-2-1-3-5-10;13-7-3-4-9-8-12-11-6-2-1-5-10(9)11/h4-7,11H,8-10H2,1-3H3;1-5H,6-9H2,(H2,12,15);1-2,5-8,12H,3-4H2. The Balaban J connectivity index is 0.000000148. The van der Waals surface area contributed by atoms with Crippen LogP contribution in [0.4, 0.5) is 16.2 Å². The summed E-state index contributed by atoms with van der Waals surface area (Å²) in [4.78, 5) is 32.9. The Morgan fingerprint density at radius 1 is 0.953 bits per heavy atom. The molecule has 4 aromatic rings. The van der Waals surface area contributed by atoms with E-state index in [9.17, 15) is 9.59 Å². The third kappa shape index (κ3) is 9.09. The van der Waals surface area contributed by atoms with Gasteiger partial charge in [0, 0.05) is 81.2 Å². The van der Waals surface area contributed by atoms with Gasteiger partial charge in [-0.1, -0.05) is 54.6 Å². The lowest BCUT2D eigenvalue weighted by molar-refractivity contribution is -0.107. The summed E-state index contributed by atoms with van der Waals surface area (Å²) in [6.07, 6.45) is 5.59. The molecule has 8 nitrogen and oxygen atoms in total. The molecule has 0 bridgehead atoms. The van der Waals surface area contributed by atoms with Crippen molar-refractivity contribution >= 4 is 34.6 Å². The maximum Gasteiger partial charge on any atom is 0.314 e. The van der Waals surface area contributed by atoms with Crippen LogP contribution in [0.5, 0.6) is 0 Å². The largest absolute Gasteiger partial charge is 0.374 e. The lowest BCUT2D eigenvalue weighted by Gasteiger charge is -2.35. The normalized spacial score (nSPS) is 16.1. The van der Waals surface area contributed by atoms with Gasteiger partial charge in [0.15, 0.2) is 0 Å². The molecular weight excluding hydrogens is 536 g/mol. The molecule has 0 saturated carbocycles. The molecule has 3 aromatic carbocycles. The van der Waals surface area contributed by atoms with E-state index in [1.165, 1.54) is 47.4 Å².